The fourth-order valence-corrected chi connectivity index (χ4v) is 3.65. The zero-order chi connectivity index (χ0) is 18.0. The molecule has 0 radical (unpaired) electrons. The van der Waals surface area contributed by atoms with E-state index in [1.165, 1.54) is 0 Å². The molecule has 3 unspecified atom stereocenters. The molecule has 1 saturated carbocycles. The molecule has 1 aromatic rings. The minimum atomic E-state index is -0.917. The molecule has 134 valence electrons. The number of halogens is 1. The number of carbonyl (C=O) groups excluding carboxylic acids is 1. The lowest BCUT2D eigenvalue weighted by Gasteiger charge is -2.38. The lowest BCUT2D eigenvalue weighted by Crippen LogP contribution is -2.51. The molecular formula is C18H21ClN2O4. The average molecular weight is 365 g/mol. The van der Waals surface area contributed by atoms with E-state index in [-0.39, 0.29) is 24.5 Å². The maximum absolute atomic E-state index is 12.5. The van der Waals surface area contributed by atoms with Crippen LogP contribution in [0.4, 0.5) is 0 Å². The first-order valence-corrected chi connectivity index (χ1v) is 8.82. The topological polar surface area (TPSA) is 102 Å². The Kier molecular flexibility index (Phi) is 5.39. The van der Waals surface area contributed by atoms with E-state index in [9.17, 15) is 9.59 Å². The van der Waals surface area contributed by atoms with Crippen LogP contribution in [0.1, 0.15) is 31.2 Å². The lowest BCUT2D eigenvalue weighted by molar-refractivity contribution is -0.137. The van der Waals surface area contributed by atoms with E-state index in [4.69, 9.17) is 27.2 Å². The Labute approximate surface area is 151 Å². The summed E-state index contributed by atoms with van der Waals surface area (Å²) in [5.74, 6) is -0.578. The van der Waals surface area contributed by atoms with Gasteiger partial charge >= 0.3 is 5.97 Å². The lowest BCUT2D eigenvalue weighted by atomic mass is 9.78. The van der Waals surface area contributed by atoms with Gasteiger partial charge in [0.1, 0.15) is 6.04 Å². The van der Waals surface area contributed by atoms with E-state index in [0.29, 0.717) is 23.8 Å². The van der Waals surface area contributed by atoms with Crippen LogP contribution in [0.15, 0.2) is 29.3 Å². The highest BCUT2D eigenvalue weighted by molar-refractivity contribution is 6.31. The van der Waals surface area contributed by atoms with Crippen molar-refractivity contribution in [3.8, 4) is 0 Å². The van der Waals surface area contributed by atoms with Gasteiger partial charge in [-0.05, 0) is 43.2 Å². The molecule has 0 aromatic heterocycles. The number of ketones is 1. The SMILES string of the molecule is N[C@@H](CCC(=O)O)C1=NC2C(=O)C(CCC2Cc2ccccc2Cl)O1. The number of Topliss-reactive ketones (excluding diaryl/α,β-unsaturated/α-hetero) is 1. The van der Waals surface area contributed by atoms with Crippen molar-refractivity contribution >= 4 is 29.3 Å². The van der Waals surface area contributed by atoms with Crippen LogP contribution in [0.2, 0.25) is 5.02 Å². The van der Waals surface area contributed by atoms with Gasteiger partial charge in [0.15, 0.2) is 11.9 Å². The van der Waals surface area contributed by atoms with Crippen molar-refractivity contribution in [2.75, 3.05) is 0 Å². The highest BCUT2D eigenvalue weighted by atomic mass is 35.5. The summed E-state index contributed by atoms with van der Waals surface area (Å²) in [6.07, 6.45) is 1.77. The maximum Gasteiger partial charge on any atom is 0.303 e. The molecule has 4 atom stereocenters. The van der Waals surface area contributed by atoms with Crippen molar-refractivity contribution in [2.24, 2.45) is 16.6 Å². The summed E-state index contributed by atoms with van der Waals surface area (Å²) in [4.78, 5) is 27.7. The number of carboxylic acid groups (broad SMARTS) is 1. The standard InChI is InChI=1S/C18H21ClN2O4/c19-12-4-2-1-3-10(12)9-11-5-7-14-17(24)16(11)21-18(25-14)13(20)6-8-15(22)23/h1-4,11,13-14,16H,5-9,20H2,(H,22,23)/t11?,13-,14?,16?/m0/s1. The molecule has 7 heteroatoms. The summed E-state index contributed by atoms with van der Waals surface area (Å²) in [6, 6.07) is 6.50. The predicted molar refractivity (Wildman–Crippen MR) is 93.8 cm³/mol. The van der Waals surface area contributed by atoms with Gasteiger partial charge in [-0.15, -0.1) is 0 Å². The van der Waals surface area contributed by atoms with E-state index in [0.717, 1.165) is 12.0 Å². The van der Waals surface area contributed by atoms with Crippen LogP contribution in [0.3, 0.4) is 0 Å². The fraction of sp³-hybridized carbons (Fsp3) is 0.500. The quantitative estimate of drug-likeness (QED) is 0.805. The minimum Gasteiger partial charge on any atom is -0.481 e. The molecule has 1 fully saturated rings. The number of hydrogen-bond donors (Lipinski definition) is 2. The van der Waals surface area contributed by atoms with Gasteiger partial charge in [-0.25, -0.2) is 4.99 Å². The Morgan fingerprint density at radius 2 is 2.16 bits per heavy atom. The second kappa shape index (κ2) is 7.54. The molecule has 1 aliphatic heterocycles. The summed E-state index contributed by atoms with van der Waals surface area (Å²) in [6.45, 7) is 0. The zero-order valence-corrected chi connectivity index (χ0v) is 14.5. The van der Waals surface area contributed by atoms with Gasteiger partial charge in [0.25, 0.3) is 0 Å². The third-order valence-corrected chi connectivity index (χ3v) is 5.18. The number of benzene rings is 1. The third kappa shape index (κ3) is 4.02. The minimum absolute atomic E-state index is 0.0162. The van der Waals surface area contributed by atoms with Crippen molar-refractivity contribution in [1.29, 1.82) is 0 Å². The van der Waals surface area contributed by atoms with E-state index >= 15 is 0 Å². The Morgan fingerprint density at radius 3 is 2.88 bits per heavy atom. The van der Waals surface area contributed by atoms with Crippen molar-refractivity contribution < 1.29 is 19.4 Å². The molecule has 1 heterocycles. The Balaban J connectivity index is 1.77. The van der Waals surface area contributed by atoms with Gasteiger partial charge in [-0.2, -0.15) is 0 Å². The molecule has 6 nitrogen and oxygen atoms in total. The van der Waals surface area contributed by atoms with Crippen LogP contribution in [0.25, 0.3) is 0 Å². The highest BCUT2D eigenvalue weighted by Crippen LogP contribution is 2.34. The van der Waals surface area contributed by atoms with Gasteiger partial charge in [0, 0.05) is 11.4 Å². The number of ether oxygens (including phenoxy) is 1. The predicted octanol–water partition coefficient (Wildman–Crippen LogP) is 2.22. The van der Waals surface area contributed by atoms with Crippen LogP contribution < -0.4 is 5.73 Å². The first-order valence-electron chi connectivity index (χ1n) is 8.44. The molecule has 0 spiro atoms. The normalized spacial score (nSPS) is 26.6. The largest absolute Gasteiger partial charge is 0.481 e. The molecule has 3 rings (SSSR count). The third-order valence-electron chi connectivity index (χ3n) is 4.81. The number of nitrogens with zero attached hydrogens (tertiary/aromatic N) is 1. The van der Waals surface area contributed by atoms with Gasteiger partial charge in [0.2, 0.25) is 5.90 Å². The van der Waals surface area contributed by atoms with Crippen LogP contribution in [-0.4, -0.2) is 40.9 Å². The van der Waals surface area contributed by atoms with Crippen LogP contribution >= 0.6 is 11.6 Å². The summed E-state index contributed by atoms with van der Waals surface area (Å²) < 4.78 is 5.64. The fourth-order valence-electron chi connectivity index (χ4n) is 3.43. The number of rotatable bonds is 6. The summed E-state index contributed by atoms with van der Waals surface area (Å²) >= 11 is 6.24. The monoisotopic (exact) mass is 364 g/mol. The second-order valence-corrected chi connectivity index (χ2v) is 7.00. The number of aliphatic imine (C=N–C) groups is 1. The first kappa shape index (κ1) is 17.9. The Morgan fingerprint density at radius 1 is 1.40 bits per heavy atom. The van der Waals surface area contributed by atoms with Crippen LogP contribution in [-0.2, 0) is 20.7 Å². The Hall–Kier alpha value is -1.92. The Bertz CT molecular complexity index is 706. The number of aliphatic carboxylic acids is 1. The zero-order valence-electron chi connectivity index (χ0n) is 13.7. The van der Waals surface area contributed by atoms with E-state index in [2.05, 4.69) is 4.99 Å². The molecule has 25 heavy (non-hydrogen) atoms. The summed E-state index contributed by atoms with van der Waals surface area (Å²) in [5.41, 5.74) is 7.01. The number of fused-ring (bicyclic) bond motifs is 2. The van der Waals surface area contributed by atoms with Gasteiger partial charge in [0.05, 0.1) is 6.04 Å². The molecular weight excluding hydrogens is 344 g/mol. The number of hydrogen-bond acceptors (Lipinski definition) is 5. The van der Waals surface area contributed by atoms with Crippen molar-refractivity contribution in [3.05, 3.63) is 34.9 Å². The second-order valence-electron chi connectivity index (χ2n) is 6.59. The van der Waals surface area contributed by atoms with E-state index in [1.54, 1.807) is 0 Å². The first-order chi connectivity index (χ1) is 12.0. The number of nitrogens with two attached hydrogens (primary N) is 1. The number of carboxylic acids is 1. The van der Waals surface area contributed by atoms with Crippen LogP contribution in [0.5, 0.6) is 0 Å². The van der Waals surface area contributed by atoms with Crippen LogP contribution in [0, 0.1) is 5.92 Å². The molecule has 0 amide bonds. The smallest absolute Gasteiger partial charge is 0.303 e. The van der Waals surface area contributed by atoms with Gasteiger partial charge in [-0.1, -0.05) is 29.8 Å². The molecule has 1 aliphatic carbocycles. The average Bonchev–Trinajstić information content (AvgIpc) is 2.57. The van der Waals surface area contributed by atoms with Crippen molar-refractivity contribution in [1.82, 2.24) is 0 Å². The summed E-state index contributed by atoms with van der Waals surface area (Å²) in [7, 11) is 0. The molecule has 2 bridgehead atoms. The van der Waals surface area contributed by atoms with Gasteiger partial charge in [-0.3, -0.25) is 9.59 Å². The van der Waals surface area contributed by atoms with Gasteiger partial charge < -0.3 is 15.6 Å². The van der Waals surface area contributed by atoms with E-state index in [1.807, 2.05) is 24.3 Å². The maximum atomic E-state index is 12.5. The molecule has 2 aliphatic rings. The highest BCUT2D eigenvalue weighted by Gasteiger charge is 2.44. The summed E-state index contributed by atoms with van der Waals surface area (Å²) in [5, 5.41) is 9.48. The molecule has 1 aromatic carbocycles. The van der Waals surface area contributed by atoms with E-state index < -0.39 is 24.2 Å². The number of carbonyl (C=O) groups is 2. The van der Waals surface area contributed by atoms with Crippen molar-refractivity contribution in [3.63, 3.8) is 0 Å². The molecule has 0 saturated heterocycles. The molecule has 3 N–H and O–H groups in total. The van der Waals surface area contributed by atoms with Crippen molar-refractivity contribution in [2.45, 2.75) is 50.3 Å².